The third-order valence-electron chi connectivity index (χ3n) is 3.14. The van der Waals surface area contributed by atoms with Crippen molar-refractivity contribution in [2.24, 2.45) is 0 Å². The van der Waals surface area contributed by atoms with Gasteiger partial charge in [-0.05, 0) is 11.6 Å². The second kappa shape index (κ2) is 4.46. The number of aromatic nitrogens is 1. The van der Waals surface area contributed by atoms with Crippen molar-refractivity contribution in [3.63, 3.8) is 0 Å². The van der Waals surface area contributed by atoms with Crippen molar-refractivity contribution in [1.29, 1.82) is 0 Å². The Labute approximate surface area is 117 Å². The Bertz CT molecular complexity index is 705. The molecule has 19 heavy (non-hydrogen) atoms. The Morgan fingerprint density at radius 3 is 2.32 bits per heavy atom. The van der Waals surface area contributed by atoms with Gasteiger partial charge in [0, 0.05) is 11.0 Å². The largest absolute Gasteiger partial charge is 0.241 e. The number of nitrogens with zero attached hydrogens (tertiary/aromatic N) is 1. The molecule has 1 heterocycles. The van der Waals surface area contributed by atoms with Gasteiger partial charge in [0.05, 0.1) is 15.2 Å². The summed E-state index contributed by atoms with van der Waals surface area (Å²) >= 11 is 1.81. The maximum absolute atomic E-state index is 4.79. The second-order valence-corrected chi connectivity index (χ2v) is 6.79. The molecular weight excluding hydrogens is 250 g/mol. The van der Waals surface area contributed by atoms with Gasteiger partial charge in [0.25, 0.3) is 0 Å². The normalized spacial score (nSPS) is 11.9. The summed E-state index contributed by atoms with van der Waals surface area (Å²) in [6.07, 6.45) is 0. The number of benzene rings is 2. The standard InChI is InChI=1S/C17H17NS/c1-17(2,3)16-18-14-11-7-10-13(15(14)19-16)12-8-5-4-6-9-12/h4-11H,1-3H3. The van der Waals surface area contributed by atoms with Crippen molar-refractivity contribution in [3.05, 3.63) is 53.5 Å². The van der Waals surface area contributed by atoms with Gasteiger partial charge in [-0.2, -0.15) is 0 Å². The number of thiazole rings is 1. The first-order valence-corrected chi connectivity index (χ1v) is 7.33. The average Bonchev–Trinajstić information content (AvgIpc) is 2.83. The van der Waals surface area contributed by atoms with Crippen LogP contribution in [0.15, 0.2) is 48.5 Å². The second-order valence-electron chi connectivity index (χ2n) is 5.79. The first-order valence-electron chi connectivity index (χ1n) is 6.51. The molecular formula is C17H17NS. The maximum atomic E-state index is 4.79. The predicted molar refractivity (Wildman–Crippen MR) is 83.8 cm³/mol. The van der Waals surface area contributed by atoms with Gasteiger partial charge in [-0.1, -0.05) is 63.2 Å². The monoisotopic (exact) mass is 267 g/mol. The summed E-state index contributed by atoms with van der Waals surface area (Å²) < 4.78 is 1.29. The Balaban J connectivity index is 2.24. The molecule has 0 saturated heterocycles. The summed E-state index contributed by atoms with van der Waals surface area (Å²) in [5, 5.41) is 1.20. The third-order valence-corrected chi connectivity index (χ3v) is 4.67. The molecule has 0 unspecified atom stereocenters. The number of hydrogen-bond acceptors (Lipinski definition) is 2. The summed E-state index contributed by atoms with van der Waals surface area (Å²) in [6, 6.07) is 16.9. The Morgan fingerprint density at radius 1 is 0.895 bits per heavy atom. The van der Waals surface area contributed by atoms with E-state index in [4.69, 9.17) is 4.98 Å². The fourth-order valence-electron chi connectivity index (χ4n) is 2.11. The molecule has 3 aromatic rings. The number of fused-ring (bicyclic) bond motifs is 1. The van der Waals surface area contributed by atoms with E-state index in [1.807, 2.05) is 11.3 Å². The molecule has 3 rings (SSSR count). The zero-order valence-corrected chi connectivity index (χ0v) is 12.3. The SMILES string of the molecule is CC(C)(C)c1nc2cccc(-c3ccccc3)c2s1. The molecule has 0 N–H and O–H groups in total. The van der Waals surface area contributed by atoms with E-state index in [2.05, 4.69) is 69.3 Å². The van der Waals surface area contributed by atoms with Crippen LogP contribution < -0.4 is 0 Å². The molecule has 2 heteroatoms. The van der Waals surface area contributed by atoms with E-state index in [1.165, 1.54) is 20.8 Å². The topological polar surface area (TPSA) is 12.9 Å². The molecule has 0 amide bonds. The van der Waals surface area contributed by atoms with Crippen LogP contribution in [0.4, 0.5) is 0 Å². The van der Waals surface area contributed by atoms with Crippen molar-refractivity contribution in [2.45, 2.75) is 26.2 Å². The minimum Gasteiger partial charge on any atom is -0.241 e. The highest BCUT2D eigenvalue weighted by Gasteiger charge is 2.19. The zero-order chi connectivity index (χ0) is 13.5. The highest BCUT2D eigenvalue weighted by molar-refractivity contribution is 7.19. The lowest BCUT2D eigenvalue weighted by molar-refractivity contribution is 0.587. The molecule has 0 spiro atoms. The van der Waals surface area contributed by atoms with Gasteiger partial charge in [0.2, 0.25) is 0 Å². The van der Waals surface area contributed by atoms with Gasteiger partial charge >= 0.3 is 0 Å². The highest BCUT2D eigenvalue weighted by atomic mass is 32.1. The molecule has 0 aliphatic rings. The smallest absolute Gasteiger partial charge is 0.0992 e. The fourth-order valence-corrected chi connectivity index (χ4v) is 3.27. The van der Waals surface area contributed by atoms with Crippen molar-refractivity contribution in [3.8, 4) is 11.1 Å². The first-order chi connectivity index (χ1) is 9.05. The van der Waals surface area contributed by atoms with Gasteiger partial charge in [0.1, 0.15) is 0 Å². The molecule has 0 aliphatic heterocycles. The van der Waals surface area contributed by atoms with E-state index in [-0.39, 0.29) is 5.41 Å². The summed E-state index contributed by atoms with van der Waals surface area (Å²) in [5.74, 6) is 0. The highest BCUT2D eigenvalue weighted by Crippen LogP contribution is 2.36. The quantitative estimate of drug-likeness (QED) is 0.586. The Hall–Kier alpha value is -1.67. The molecule has 0 radical (unpaired) electrons. The predicted octanol–water partition coefficient (Wildman–Crippen LogP) is 5.26. The van der Waals surface area contributed by atoms with Crippen LogP contribution in [-0.2, 0) is 5.41 Å². The van der Waals surface area contributed by atoms with Crippen molar-refractivity contribution in [2.75, 3.05) is 0 Å². The molecule has 1 aromatic heterocycles. The molecule has 0 aliphatic carbocycles. The lowest BCUT2D eigenvalue weighted by atomic mass is 9.98. The van der Waals surface area contributed by atoms with Gasteiger partial charge in [-0.25, -0.2) is 4.98 Å². The molecule has 2 aromatic carbocycles. The van der Waals surface area contributed by atoms with Crippen molar-refractivity contribution in [1.82, 2.24) is 4.98 Å². The number of rotatable bonds is 1. The van der Waals surface area contributed by atoms with E-state index >= 15 is 0 Å². The summed E-state index contributed by atoms with van der Waals surface area (Å²) in [6.45, 7) is 6.65. The third kappa shape index (κ3) is 2.28. The van der Waals surface area contributed by atoms with E-state index < -0.39 is 0 Å². The summed E-state index contributed by atoms with van der Waals surface area (Å²) in [7, 11) is 0. The maximum Gasteiger partial charge on any atom is 0.0992 e. The minimum atomic E-state index is 0.109. The van der Waals surface area contributed by atoms with Crippen LogP contribution in [0.1, 0.15) is 25.8 Å². The molecule has 96 valence electrons. The van der Waals surface area contributed by atoms with Crippen molar-refractivity contribution < 1.29 is 0 Å². The van der Waals surface area contributed by atoms with Gasteiger partial charge in [-0.3, -0.25) is 0 Å². The molecule has 0 bridgehead atoms. The van der Waals surface area contributed by atoms with Crippen LogP contribution in [0, 0.1) is 0 Å². The van der Waals surface area contributed by atoms with E-state index in [1.54, 1.807) is 0 Å². The average molecular weight is 267 g/mol. The van der Waals surface area contributed by atoms with Crippen LogP contribution in [0.25, 0.3) is 21.3 Å². The van der Waals surface area contributed by atoms with Crippen LogP contribution in [0.3, 0.4) is 0 Å². The van der Waals surface area contributed by atoms with Gasteiger partial charge in [0.15, 0.2) is 0 Å². The summed E-state index contributed by atoms with van der Waals surface area (Å²) in [4.78, 5) is 4.79. The fraction of sp³-hybridized carbons (Fsp3) is 0.235. The molecule has 1 nitrogen and oxygen atoms in total. The van der Waals surface area contributed by atoms with E-state index in [0.29, 0.717) is 0 Å². The lowest BCUT2D eigenvalue weighted by Gasteiger charge is -2.13. The Kier molecular flexibility index (Phi) is 2.90. The molecule has 0 atom stereocenters. The zero-order valence-electron chi connectivity index (χ0n) is 11.5. The first kappa shape index (κ1) is 12.4. The van der Waals surface area contributed by atoms with Crippen LogP contribution >= 0.6 is 11.3 Å². The van der Waals surface area contributed by atoms with Crippen molar-refractivity contribution >= 4 is 21.6 Å². The van der Waals surface area contributed by atoms with Gasteiger partial charge in [-0.15, -0.1) is 11.3 Å². The van der Waals surface area contributed by atoms with Crippen LogP contribution in [0.5, 0.6) is 0 Å². The molecule has 0 fully saturated rings. The minimum absolute atomic E-state index is 0.109. The Morgan fingerprint density at radius 2 is 1.63 bits per heavy atom. The van der Waals surface area contributed by atoms with Gasteiger partial charge < -0.3 is 0 Å². The summed E-state index contributed by atoms with van der Waals surface area (Å²) in [5.41, 5.74) is 3.76. The lowest BCUT2D eigenvalue weighted by Crippen LogP contribution is -2.09. The molecule has 0 saturated carbocycles. The van der Waals surface area contributed by atoms with Crippen LogP contribution in [0.2, 0.25) is 0 Å². The number of hydrogen-bond donors (Lipinski definition) is 0. The van der Waals surface area contributed by atoms with E-state index in [9.17, 15) is 0 Å². The van der Waals surface area contributed by atoms with Crippen LogP contribution in [-0.4, -0.2) is 4.98 Å². The van der Waals surface area contributed by atoms with E-state index in [0.717, 1.165) is 5.52 Å².